The summed E-state index contributed by atoms with van der Waals surface area (Å²) in [5.74, 6) is 0.132. The first-order chi connectivity index (χ1) is 16.6. The van der Waals surface area contributed by atoms with Gasteiger partial charge in [0.25, 0.3) is 5.16 Å². The number of sulfone groups is 1. The zero-order valence-electron chi connectivity index (χ0n) is 18.4. The van der Waals surface area contributed by atoms with Crippen molar-refractivity contribution in [3.8, 4) is 28.6 Å². The van der Waals surface area contributed by atoms with E-state index in [-0.39, 0.29) is 22.5 Å². The summed E-state index contributed by atoms with van der Waals surface area (Å²) in [5.41, 5.74) is 0.618. The van der Waals surface area contributed by atoms with Crippen LogP contribution >= 0.6 is 0 Å². The zero-order valence-corrected chi connectivity index (χ0v) is 19.2. The molecule has 1 aromatic heterocycles. The Morgan fingerprint density at radius 1 is 0.829 bits per heavy atom. The van der Waals surface area contributed by atoms with E-state index in [1.54, 1.807) is 54.6 Å². The molecule has 10 heteroatoms. The Morgan fingerprint density at radius 3 is 2.20 bits per heavy atom. The molecule has 0 unspecified atom stereocenters. The Kier molecular flexibility index (Phi) is 6.74. The van der Waals surface area contributed by atoms with Gasteiger partial charge in [-0.2, -0.15) is 18.2 Å². The van der Waals surface area contributed by atoms with Gasteiger partial charge in [-0.25, -0.2) is 13.4 Å². The van der Waals surface area contributed by atoms with Crippen LogP contribution in [0.5, 0.6) is 17.4 Å². The van der Waals surface area contributed by atoms with Gasteiger partial charge in [0.15, 0.2) is 0 Å². The van der Waals surface area contributed by atoms with Gasteiger partial charge in [0, 0.05) is 11.6 Å². The SMILES string of the molecule is COc1cc(-c2ccc(Oc3cccc(C(F)(F)F)c3)cc2)nc(S(=O)(=O)Cc2ccccc2)n1. The van der Waals surface area contributed by atoms with Gasteiger partial charge in [-0.15, -0.1) is 0 Å². The third-order valence-corrected chi connectivity index (χ3v) is 6.37. The predicted octanol–water partition coefficient (Wildman–Crippen LogP) is 5.94. The number of benzene rings is 3. The molecule has 3 aromatic carbocycles. The van der Waals surface area contributed by atoms with Crippen molar-refractivity contribution in [3.05, 3.63) is 96.1 Å². The van der Waals surface area contributed by atoms with E-state index in [0.717, 1.165) is 12.1 Å². The monoisotopic (exact) mass is 500 g/mol. The molecule has 0 aliphatic carbocycles. The summed E-state index contributed by atoms with van der Waals surface area (Å²) >= 11 is 0. The van der Waals surface area contributed by atoms with Gasteiger partial charge < -0.3 is 9.47 Å². The lowest BCUT2D eigenvalue weighted by molar-refractivity contribution is -0.137. The molecular weight excluding hydrogens is 481 g/mol. The molecule has 0 fully saturated rings. The second-order valence-electron chi connectivity index (χ2n) is 7.47. The Morgan fingerprint density at radius 2 is 1.54 bits per heavy atom. The molecule has 4 rings (SSSR count). The topological polar surface area (TPSA) is 78.4 Å². The maximum atomic E-state index is 12.9. The van der Waals surface area contributed by atoms with Gasteiger partial charge in [-0.3, -0.25) is 0 Å². The van der Waals surface area contributed by atoms with Crippen LogP contribution in [0.4, 0.5) is 13.2 Å². The third-order valence-electron chi connectivity index (χ3n) is 4.92. The van der Waals surface area contributed by atoms with Gasteiger partial charge >= 0.3 is 6.18 Å². The number of aromatic nitrogens is 2. The van der Waals surface area contributed by atoms with Crippen LogP contribution in [0.2, 0.25) is 0 Å². The molecule has 0 saturated carbocycles. The minimum Gasteiger partial charge on any atom is -0.481 e. The van der Waals surface area contributed by atoms with Gasteiger partial charge in [-0.05, 0) is 48.0 Å². The van der Waals surface area contributed by atoms with E-state index in [1.165, 1.54) is 25.3 Å². The molecule has 1 heterocycles. The van der Waals surface area contributed by atoms with Crippen molar-refractivity contribution < 1.29 is 31.1 Å². The van der Waals surface area contributed by atoms with Crippen LogP contribution in [0, 0.1) is 0 Å². The molecule has 0 spiro atoms. The summed E-state index contributed by atoms with van der Waals surface area (Å²) in [5, 5.41) is -0.375. The maximum Gasteiger partial charge on any atom is 0.416 e. The first-order valence-corrected chi connectivity index (χ1v) is 11.9. The molecule has 0 bridgehead atoms. The summed E-state index contributed by atoms with van der Waals surface area (Å²) in [6.45, 7) is 0. The molecule has 6 nitrogen and oxygen atoms in total. The van der Waals surface area contributed by atoms with Crippen LogP contribution < -0.4 is 9.47 Å². The fourth-order valence-electron chi connectivity index (χ4n) is 3.22. The van der Waals surface area contributed by atoms with Crippen molar-refractivity contribution in [1.82, 2.24) is 9.97 Å². The largest absolute Gasteiger partial charge is 0.481 e. The standard InChI is InChI=1S/C25H19F3N2O4S/c1-33-23-15-22(29-24(30-23)35(31,32)16-17-6-3-2-4-7-17)18-10-12-20(13-11-18)34-21-9-5-8-19(14-21)25(26,27)28/h2-15H,16H2,1H3. The fraction of sp³-hybridized carbons (Fsp3) is 0.120. The summed E-state index contributed by atoms with van der Waals surface area (Å²) in [6, 6.07) is 21.0. The third kappa shape index (κ3) is 5.96. The van der Waals surface area contributed by atoms with E-state index >= 15 is 0 Å². The van der Waals surface area contributed by atoms with Crippen molar-refractivity contribution in [3.63, 3.8) is 0 Å². The summed E-state index contributed by atoms with van der Waals surface area (Å²) in [4.78, 5) is 8.24. The minimum absolute atomic E-state index is 0.0329. The summed E-state index contributed by atoms with van der Waals surface area (Å²) in [6.07, 6.45) is -4.48. The fourth-order valence-corrected chi connectivity index (χ4v) is 4.45. The normalized spacial score (nSPS) is 11.8. The predicted molar refractivity (Wildman–Crippen MR) is 123 cm³/mol. The van der Waals surface area contributed by atoms with Gasteiger partial charge in [0.1, 0.15) is 11.5 Å². The first-order valence-electron chi connectivity index (χ1n) is 10.3. The molecule has 0 radical (unpaired) electrons. The quantitative estimate of drug-likeness (QED) is 0.293. The van der Waals surface area contributed by atoms with Crippen LogP contribution in [0.15, 0.2) is 90.1 Å². The molecule has 180 valence electrons. The van der Waals surface area contributed by atoms with Crippen molar-refractivity contribution >= 4 is 9.84 Å². The minimum atomic E-state index is -4.48. The summed E-state index contributed by atoms with van der Waals surface area (Å²) in [7, 11) is -2.49. The van der Waals surface area contributed by atoms with Crippen LogP contribution in [-0.2, 0) is 21.8 Å². The van der Waals surface area contributed by atoms with E-state index < -0.39 is 21.6 Å². The number of halogens is 3. The highest BCUT2D eigenvalue weighted by Crippen LogP contribution is 2.33. The van der Waals surface area contributed by atoms with E-state index in [2.05, 4.69) is 9.97 Å². The molecule has 4 aromatic rings. The van der Waals surface area contributed by atoms with Crippen molar-refractivity contribution in [2.24, 2.45) is 0 Å². The second-order valence-corrected chi connectivity index (χ2v) is 9.36. The molecule has 0 atom stereocenters. The molecule has 0 N–H and O–H groups in total. The lowest BCUT2D eigenvalue weighted by Gasteiger charge is -2.11. The number of alkyl halides is 3. The highest BCUT2D eigenvalue weighted by atomic mass is 32.2. The highest BCUT2D eigenvalue weighted by molar-refractivity contribution is 7.90. The number of hydrogen-bond acceptors (Lipinski definition) is 6. The Bertz CT molecular complexity index is 1430. The molecule has 0 aliphatic rings. The Hall–Kier alpha value is -3.92. The van der Waals surface area contributed by atoms with E-state index in [9.17, 15) is 21.6 Å². The average Bonchev–Trinajstić information content (AvgIpc) is 2.84. The molecular formula is C25H19F3N2O4S. The van der Waals surface area contributed by atoms with Gasteiger partial charge in [-0.1, -0.05) is 36.4 Å². The van der Waals surface area contributed by atoms with Crippen molar-refractivity contribution in [1.29, 1.82) is 0 Å². The molecule has 35 heavy (non-hydrogen) atoms. The maximum absolute atomic E-state index is 12.9. The van der Waals surface area contributed by atoms with Crippen LogP contribution in [0.3, 0.4) is 0 Å². The van der Waals surface area contributed by atoms with Crippen LogP contribution in [0.25, 0.3) is 11.3 Å². The zero-order chi connectivity index (χ0) is 25.1. The molecule has 0 aliphatic heterocycles. The average molecular weight is 500 g/mol. The van der Waals surface area contributed by atoms with Gasteiger partial charge in [0.05, 0.1) is 24.1 Å². The Balaban J connectivity index is 1.60. The highest BCUT2D eigenvalue weighted by Gasteiger charge is 2.30. The number of ether oxygens (including phenoxy) is 2. The number of hydrogen-bond donors (Lipinski definition) is 0. The van der Waals surface area contributed by atoms with Crippen molar-refractivity contribution in [2.75, 3.05) is 7.11 Å². The van der Waals surface area contributed by atoms with E-state index in [4.69, 9.17) is 9.47 Å². The van der Waals surface area contributed by atoms with Crippen molar-refractivity contribution in [2.45, 2.75) is 17.1 Å². The number of nitrogens with zero attached hydrogens (tertiary/aromatic N) is 2. The van der Waals surface area contributed by atoms with E-state index in [1.807, 2.05) is 0 Å². The number of methoxy groups -OCH3 is 1. The Labute approximate surface area is 199 Å². The lowest BCUT2D eigenvalue weighted by Crippen LogP contribution is -2.11. The second kappa shape index (κ2) is 9.75. The first kappa shape index (κ1) is 24.2. The smallest absolute Gasteiger partial charge is 0.416 e. The lowest BCUT2D eigenvalue weighted by atomic mass is 10.1. The van der Waals surface area contributed by atoms with Crippen LogP contribution in [0.1, 0.15) is 11.1 Å². The van der Waals surface area contributed by atoms with Crippen LogP contribution in [-0.4, -0.2) is 25.5 Å². The molecule has 0 amide bonds. The number of rotatable bonds is 7. The summed E-state index contributed by atoms with van der Waals surface area (Å²) < 4.78 is 75.3. The van der Waals surface area contributed by atoms with Gasteiger partial charge in [0.2, 0.25) is 15.7 Å². The molecule has 0 saturated heterocycles. The van der Waals surface area contributed by atoms with E-state index in [0.29, 0.717) is 22.6 Å².